The topological polar surface area (TPSA) is 88.9 Å². The van der Waals surface area contributed by atoms with E-state index in [1.807, 2.05) is 0 Å². The van der Waals surface area contributed by atoms with E-state index in [2.05, 4.69) is 20.8 Å². The fourth-order valence-electron chi connectivity index (χ4n) is 2.30. The fourth-order valence-corrected chi connectivity index (χ4v) is 3.01. The van der Waals surface area contributed by atoms with E-state index in [9.17, 15) is 18.4 Å². The van der Waals surface area contributed by atoms with Crippen LogP contribution >= 0.6 is 11.8 Å². The molecule has 0 radical (unpaired) electrons. The van der Waals surface area contributed by atoms with Crippen LogP contribution in [0, 0.1) is 11.6 Å². The molecule has 0 aliphatic carbocycles. The number of urea groups is 1. The number of nitrogens with zero attached hydrogens (tertiary/aromatic N) is 3. The number of nitrogens with one attached hydrogen (secondary N) is 2. The molecule has 2 aromatic carbocycles. The van der Waals surface area contributed by atoms with Gasteiger partial charge in [-0.15, -0.1) is 10.2 Å². The number of benzene rings is 2. The van der Waals surface area contributed by atoms with Crippen LogP contribution in [0.4, 0.5) is 19.3 Å². The standard InChI is InChI=1S/C18H15F2N5O2S/c1-25-16(11-6-8-12(19)9-7-11)23-24-18(25)28-10-15(26)22-17(27)21-14-5-3-2-4-13(14)20/h2-9H,10H2,1H3,(H2,21,22,26,27). The second kappa shape index (κ2) is 8.61. The Hall–Kier alpha value is -3.27. The Balaban J connectivity index is 1.55. The molecular weight excluding hydrogens is 388 g/mol. The summed E-state index contributed by atoms with van der Waals surface area (Å²) in [6, 6.07) is 10.6. The van der Waals surface area contributed by atoms with Crippen molar-refractivity contribution in [2.75, 3.05) is 11.1 Å². The molecule has 0 saturated heterocycles. The number of carbonyl (C=O) groups is 2. The summed E-state index contributed by atoms with van der Waals surface area (Å²) in [5.74, 6) is -1.12. The molecule has 0 unspecified atom stereocenters. The van der Waals surface area contributed by atoms with E-state index < -0.39 is 17.8 Å². The zero-order valence-corrected chi connectivity index (χ0v) is 15.5. The molecule has 1 heterocycles. The lowest BCUT2D eigenvalue weighted by Gasteiger charge is -2.07. The third kappa shape index (κ3) is 4.71. The van der Waals surface area contributed by atoms with Crippen LogP contribution in [0.1, 0.15) is 0 Å². The molecule has 1 aromatic heterocycles. The molecule has 10 heteroatoms. The van der Waals surface area contributed by atoms with Gasteiger partial charge in [-0.1, -0.05) is 23.9 Å². The number of anilines is 1. The predicted octanol–water partition coefficient (Wildman–Crippen LogP) is 3.20. The molecule has 3 aromatic rings. The molecule has 2 N–H and O–H groups in total. The first-order valence-electron chi connectivity index (χ1n) is 8.07. The Bertz CT molecular complexity index is 1010. The predicted molar refractivity (Wildman–Crippen MR) is 101 cm³/mol. The molecule has 3 amide bonds. The number of halogens is 2. The van der Waals surface area contributed by atoms with Crippen molar-refractivity contribution >= 4 is 29.4 Å². The number of carbonyl (C=O) groups excluding carboxylic acids is 2. The minimum absolute atomic E-state index is 0.0299. The largest absolute Gasteiger partial charge is 0.325 e. The maximum Gasteiger partial charge on any atom is 0.325 e. The fraction of sp³-hybridized carbons (Fsp3) is 0.111. The monoisotopic (exact) mass is 403 g/mol. The van der Waals surface area contributed by atoms with Crippen LogP contribution in [0.3, 0.4) is 0 Å². The summed E-state index contributed by atoms with van der Waals surface area (Å²) in [6.45, 7) is 0. The van der Waals surface area contributed by atoms with Crippen LogP contribution in [-0.4, -0.2) is 32.5 Å². The number of aromatic nitrogens is 3. The number of rotatable bonds is 5. The number of hydrogen-bond donors (Lipinski definition) is 2. The van der Waals surface area contributed by atoms with Gasteiger partial charge in [0.05, 0.1) is 11.4 Å². The van der Waals surface area contributed by atoms with E-state index in [1.165, 1.54) is 30.3 Å². The molecule has 0 aliphatic rings. The first-order chi connectivity index (χ1) is 13.4. The lowest BCUT2D eigenvalue weighted by Crippen LogP contribution is -2.35. The van der Waals surface area contributed by atoms with Crippen LogP contribution in [0.15, 0.2) is 53.7 Å². The maximum absolute atomic E-state index is 13.5. The van der Waals surface area contributed by atoms with E-state index >= 15 is 0 Å². The molecule has 3 rings (SSSR count). The summed E-state index contributed by atoms with van der Waals surface area (Å²) < 4.78 is 28.2. The van der Waals surface area contributed by atoms with Crippen molar-refractivity contribution in [3.8, 4) is 11.4 Å². The molecule has 7 nitrogen and oxygen atoms in total. The summed E-state index contributed by atoms with van der Waals surface area (Å²) in [5, 5.41) is 12.9. The highest BCUT2D eigenvalue weighted by Crippen LogP contribution is 2.22. The third-order valence-corrected chi connectivity index (χ3v) is 4.66. The molecule has 0 spiro atoms. The zero-order chi connectivity index (χ0) is 20.1. The first kappa shape index (κ1) is 19.5. The zero-order valence-electron chi connectivity index (χ0n) is 14.6. The van der Waals surface area contributed by atoms with Gasteiger partial charge >= 0.3 is 6.03 Å². The molecule has 144 valence electrons. The molecule has 0 bridgehead atoms. The van der Waals surface area contributed by atoms with Gasteiger partial charge in [0.2, 0.25) is 5.91 Å². The molecule has 0 saturated carbocycles. The van der Waals surface area contributed by atoms with E-state index in [0.717, 1.165) is 11.8 Å². The van der Waals surface area contributed by atoms with Gasteiger partial charge in [-0.2, -0.15) is 0 Å². The van der Waals surface area contributed by atoms with Gasteiger partial charge in [0.25, 0.3) is 0 Å². The van der Waals surface area contributed by atoms with Crippen molar-refractivity contribution in [2.24, 2.45) is 7.05 Å². The second-order valence-corrected chi connectivity index (χ2v) is 6.59. The van der Waals surface area contributed by atoms with Crippen molar-refractivity contribution in [1.29, 1.82) is 0 Å². The smallest absolute Gasteiger partial charge is 0.305 e. The Kier molecular flexibility index (Phi) is 5.99. The molecule has 0 atom stereocenters. The van der Waals surface area contributed by atoms with Crippen LogP contribution in [0.25, 0.3) is 11.4 Å². The first-order valence-corrected chi connectivity index (χ1v) is 9.06. The number of thioether (sulfide) groups is 1. The summed E-state index contributed by atoms with van der Waals surface area (Å²) in [7, 11) is 1.71. The summed E-state index contributed by atoms with van der Waals surface area (Å²) in [6.07, 6.45) is 0. The van der Waals surface area contributed by atoms with Gasteiger partial charge in [-0.3, -0.25) is 10.1 Å². The van der Waals surface area contributed by atoms with Crippen molar-refractivity contribution in [2.45, 2.75) is 5.16 Å². The highest BCUT2D eigenvalue weighted by molar-refractivity contribution is 7.99. The number of imide groups is 1. The summed E-state index contributed by atoms with van der Waals surface area (Å²) in [4.78, 5) is 23.7. The lowest BCUT2D eigenvalue weighted by molar-refractivity contribution is -0.117. The van der Waals surface area contributed by atoms with Crippen molar-refractivity contribution in [3.05, 3.63) is 60.2 Å². The van der Waals surface area contributed by atoms with Crippen molar-refractivity contribution in [3.63, 3.8) is 0 Å². The van der Waals surface area contributed by atoms with Gasteiger partial charge in [-0.25, -0.2) is 13.6 Å². The van der Waals surface area contributed by atoms with Gasteiger partial charge in [0.1, 0.15) is 11.6 Å². The Morgan fingerprint density at radius 2 is 1.79 bits per heavy atom. The maximum atomic E-state index is 13.5. The van der Waals surface area contributed by atoms with Crippen LogP contribution in [0.5, 0.6) is 0 Å². The van der Waals surface area contributed by atoms with Crippen LogP contribution in [0.2, 0.25) is 0 Å². The second-order valence-electron chi connectivity index (χ2n) is 5.64. The van der Waals surface area contributed by atoms with Crippen LogP contribution in [-0.2, 0) is 11.8 Å². The third-order valence-electron chi connectivity index (χ3n) is 3.64. The summed E-state index contributed by atoms with van der Waals surface area (Å²) in [5.41, 5.74) is 0.648. The van der Waals surface area contributed by atoms with E-state index in [-0.39, 0.29) is 17.3 Å². The molecule has 28 heavy (non-hydrogen) atoms. The Morgan fingerprint density at radius 1 is 1.07 bits per heavy atom. The number of amides is 3. The van der Waals surface area contributed by atoms with Crippen LogP contribution < -0.4 is 10.6 Å². The lowest BCUT2D eigenvalue weighted by atomic mass is 10.2. The van der Waals surface area contributed by atoms with Gasteiger partial charge in [0, 0.05) is 12.6 Å². The number of hydrogen-bond acceptors (Lipinski definition) is 5. The minimum atomic E-state index is -0.833. The Morgan fingerprint density at radius 3 is 2.50 bits per heavy atom. The van der Waals surface area contributed by atoms with Gasteiger partial charge in [-0.05, 0) is 36.4 Å². The quantitative estimate of drug-likeness (QED) is 0.639. The molecular formula is C18H15F2N5O2S. The van der Waals surface area contributed by atoms with Crippen molar-refractivity contribution < 1.29 is 18.4 Å². The van der Waals surface area contributed by atoms with Gasteiger partial charge < -0.3 is 9.88 Å². The molecule has 0 fully saturated rings. The highest BCUT2D eigenvalue weighted by atomic mass is 32.2. The van der Waals surface area contributed by atoms with Crippen molar-refractivity contribution in [1.82, 2.24) is 20.1 Å². The Labute approximate surface area is 163 Å². The van der Waals surface area contributed by atoms with E-state index in [0.29, 0.717) is 16.5 Å². The van der Waals surface area contributed by atoms with Gasteiger partial charge in [0.15, 0.2) is 11.0 Å². The number of para-hydroxylation sites is 1. The van der Waals surface area contributed by atoms with E-state index in [4.69, 9.17) is 0 Å². The SMILES string of the molecule is Cn1c(SCC(=O)NC(=O)Nc2ccccc2F)nnc1-c1ccc(F)cc1. The average molecular weight is 403 g/mol. The minimum Gasteiger partial charge on any atom is -0.305 e. The van der Waals surface area contributed by atoms with E-state index in [1.54, 1.807) is 29.8 Å². The average Bonchev–Trinajstić information content (AvgIpc) is 3.03. The normalized spacial score (nSPS) is 10.5. The highest BCUT2D eigenvalue weighted by Gasteiger charge is 2.15. The summed E-state index contributed by atoms with van der Waals surface area (Å²) >= 11 is 1.07. The molecule has 0 aliphatic heterocycles.